The van der Waals surface area contributed by atoms with Crippen LogP contribution in [0.2, 0.25) is 0 Å². The summed E-state index contributed by atoms with van der Waals surface area (Å²) in [4.78, 5) is 38.2. The molecule has 0 amide bonds. The number of hydrogen-bond donors (Lipinski definition) is 0. The molecule has 0 aromatic carbocycles. The van der Waals surface area contributed by atoms with Crippen molar-refractivity contribution in [1.29, 1.82) is 0 Å². The fourth-order valence-corrected chi connectivity index (χ4v) is 13.1. The van der Waals surface area contributed by atoms with E-state index in [0.717, 1.165) is 70.6 Å². The number of esters is 2. The molecule has 2 unspecified atom stereocenters. The number of nitrogens with zero attached hydrogens (tertiary/aromatic N) is 1. The molecule has 10 heteroatoms. The summed E-state index contributed by atoms with van der Waals surface area (Å²) in [5, 5.41) is 0. The molecule has 96 heavy (non-hydrogen) atoms. The van der Waals surface area contributed by atoms with Crippen LogP contribution in [0.1, 0.15) is 412 Å². The van der Waals surface area contributed by atoms with Gasteiger partial charge >= 0.3 is 11.9 Å². The largest absolute Gasteiger partial charge is 0.756 e. The third-order valence-electron chi connectivity index (χ3n) is 18.7. The summed E-state index contributed by atoms with van der Waals surface area (Å²) in [6.07, 6.45) is 105. The summed E-state index contributed by atoms with van der Waals surface area (Å²) in [6.45, 7) is 4.20. The van der Waals surface area contributed by atoms with Crippen molar-refractivity contribution in [1.82, 2.24) is 0 Å². The molecule has 0 N–H and O–H groups in total. The van der Waals surface area contributed by atoms with Gasteiger partial charge in [-0.15, -0.1) is 0 Å². The van der Waals surface area contributed by atoms with Crippen LogP contribution in [0.15, 0.2) is 72.9 Å². The molecule has 0 saturated carbocycles. The minimum atomic E-state index is -4.65. The summed E-state index contributed by atoms with van der Waals surface area (Å²) in [7, 11) is 1.19. The first-order valence-corrected chi connectivity index (χ1v) is 43.1. The zero-order valence-corrected chi connectivity index (χ0v) is 65.2. The number of rotatable bonds is 78. The lowest BCUT2D eigenvalue weighted by atomic mass is 10.0. The van der Waals surface area contributed by atoms with Crippen molar-refractivity contribution in [3.8, 4) is 0 Å². The highest BCUT2D eigenvalue weighted by Gasteiger charge is 2.22. The van der Waals surface area contributed by atoms with Crippen LogP contribution in [-0.2, 0) is 32.7 Å². The molecule has 0 aliphatic heterocycles. The molecule has 0 radical (unpaired) electrons. The standard InChI is InChI=1S/C86H160NO8P/c1-6-8-10-12-14-16-18-20-22-24-26-28-30-32-34-36-38-40-42-43-45-46-48-50-52-54-56-58-60-62-64-66-68-70-72-74-76-78-85(88)92-82-84(83-94-96(90,91)93-81-80-87(3,4)5)95-86(89)79-77-75-73-71-69-67-65-63-61-59-57-55-53-51-49-47-44-41-39-37-35-33-31-29-27-25-23-21-19-17-15-13-11-9-7-2/h9,11,15,17,21,23-24,26-27,29,33,35,84H,6-8,10,12-14,16,18-20,22,25,28,30-32,34,36-83H2,1-5H3/b11-9-,17-15-,23-21-,26-24-,29-27-,35-33-. The van der Waals surface area contributed by atoms with E-state index in [1.54, 1.807) is 0 Å². The maximum atomic E-state index is 12.9. The second kappa shape index (κ2) is 76.6. The third-order valence-corrected chi connectivity index (χ3v) is 19.7. The zero-order valence-electron chi connectivity index (χ0n) is 64.3. The van der Waals surface area contributed by atoms with E-state index in [4.69, 9.17) is 18.5 Å². The fourth-order valence-electron chi connectivity index (χ4n) is 12.4. The van der Waals surface area contributed by atoms with Crippen LogP contribution >= 0.6 is 7.82 Å². The van der Waals surface area contributed by atoms with Crippen molar-refractivity contribution >= 4 is 19.8 Å². The number of unbranched alkanes of at least 4 members (excludes halogenated alkanes) is 52. The Balaban J connectivity index is 3.90. The normalized spacial score (nSPS) is 13.4. The highest BCUT2D eigenvalue weighted by atomic mass is 31.2. The molecule has 9 nitrogen and oxygen atoms in total. The van der Waals surface area contributed by atoms with E-state index < -0.39 is 26.5 Å². The van der Waals surface area contributed by atoms with Crippen LogP contribution in [0.4, 0.5) is 0 Å². The lowest BCUT2D eigenvalue weighted by Gasteiger charge is -2.28. The minimum Gasteiger partial charge on any atom is -0.756 e. The van der Waals surface area contributed by atoms with Gasteiger partial charge in [-0.05, 0) is 83.5 Å². The predicted octanol–water partition coefficient (Wildman–Crippen LogP) is 27.2. The number of allylic oxidation sites excluding steroid dienone is 12. The van der Waals surface area contributed by atoms with Gasteiger partial charge in [0.1, 0.15) is 19.8 Å². The Labute approximate surface area is 597 Å². The number of carbonyl (C=O) groups excluding carboxylic acids is 2. The summed E-state index contributed by atoms with van der Waals surface area (Å²) < 4.78 is 34.5. The number of carbonyl (C=O) groups is 2. The molecule has 0 spiro atoms. The Morgan fingerprint density at radius 1 is 0.333 bits per heavy atom. The van der Waals surface area contributed by atoms with E-state index in [1.807, 2.05) is 21.1 Å². The molecule has 0 aliphatic rings. The van der Waals surface area contributed by atoms with Crippen LogP contribution in [0.3, 0.4) is 0 Å². The van der Waals surface area contributed by atoms with Gasteiger partial charge in [-0.1, -0.05) is 389 Å². The molecule has 562 valence electrons. The van der Waals surface area contributed by atoms with E-state index >= 15 is 0 Å². The molecular formula is C86H160NO8P. The van der Waals surface area contributed by atoms with Gasteiger partial charge in [0, 0.05) is 12.8 Å². The summed E-state index contributed by atoms with van der Waals surface area (Å²) >= 11 is 0. The van der Waals surface area contributed by atoms with Gasteiger partial charge < -0.3 is 27.9 Å². The molecule has 0 aromatic rings. The van der Waals surface area contributed by atoms with Gasteiger partial charge in [0.15, 0.2) is 6.10 Å². The first-order valence-electron chi connectivity index (χ1n) is 41.6. The number of likely N-dealkylation sites (N-methyl/N-ethyl adjacent to an activating group) is 1. The second-order valence-electron chi connectivity index (χ2n) is 29.5. The number of ether oxygens (including phenoxy) is 2. The molecule has 0 aromatic heterocycles. The van der Waals surface area contributed by atoms with E-state index in [-0.39, 0.29) is 32.0 Å². The Bertz CT molecular complexity index is 1850. The van der Waals surface area contributed by atoms with Gasteiger partial charge in [-0.25, -0.2) is 0 Å². The van der Waals surface area contributed by atoms with Crippen LogP contribution in [0.5, 0.6) is 0 Å². The van der Waals surface area contributed by atoms with Gasteiger partial charge in [0.2, 0.25) is 0 Å². The quantitative estimate of drug-likeness (QED) is 0.0195. The number of quaternary nitrogens is 1. The van der Waals surface area contributed by atoms with Crippen molar-refractivity contribution < 1.29 is 42.1 Å². The first kappa shape index (κ1) is 93.5. The van der Waals surface area contributed by atoms with Crippen molar-refractivity contribution in [3.05, 3.63) is 72.9 Å². The maximum absolute atomic E-state index is 12.9. The molecule has 0 fully saturated rings. The zero-order chi connectivity index (χ0) is 69.7. The highest BCUT2D eigenvalue weighted by molar-refractivity contribution is 7.45. The first-order chi connectivity index (χ1) is 47.0. The van der Waals surface area contributed by atoms with Crippen molar-refractivity contribution in [3.63, 3.8) is 0 Å². The molecule has 0 rings (SSSR count). The number of phosphoric ester groups is 1. The van der Waals surface area contributed by atoms with Crippen molar-refractivity contribution in [2.24, 2.45) is 0 Å². The lowest BCUT2D eigenvalue weighted by Crippen LogP contribution is -2.37. The highest BCUT2D eigenvalue weighted by Crippen LogP contribution is 2.38. The molecule has 0 bridgehead atoms. The van der Waals surface area contributed by atoms with E-state index in [0.29, 0.717) is 17.4 Å². The molecule has 0 saturated heterocycles. The Hall–Kier alpha value is -2.55. The smallest absolute Gasteiger partial charge is 0.306 e. The van der Waals surface area contributed by atoms with Crippen LogP contribution in [0, 0.1) is 0 Å². The van der Waals surface area contributed by atoms with Crippen LogP contribution in [-0.4, -0.2) is 70.0 Å². The molecule has 0 aliphatic carbocycles. The maximum Gasteiger partial charge on any atom is 0.306 e. The minimum absolute atomic E-state index is 0.0292. The second-order valence-corrected chi connectivity index (χ2v) is 30.9. The monoisotopic (exact) mass is 1370 g/mol. The molecular weight excluding hydrogens is 1210 g/mol. The third kappa shape index (κ3) is 80.4. The van der Waals surface area contributed by atoms with Crippen molar-refractivity contribution in [2.75, 3.05) is 47.5 Å². The van der Waals surface area contributed by atoms with Gasteiger partial charge in [-0.3, -0.25) is 14.2 Å². The van der Waals surface area contributed by atoms with Crippen molar-refractivity contribution in [2.45, 2.75) is 418 Å². The molecule has 2 atom stereocenters. The SMILES string of the molecule is CC/C=C\C/C=C\C/C=C\C/C=C\C/C=C\CCCCCCCCCCCCCCCCCCCCCC(=O)OC(COC(=O)CCCCCCCCCCCCCCCCCCCCCCCCCCC/C=C\CCCCCCCCCC)COP(=O)([O-])OCC[N+](C)(C)C. The predicted molar refractivity (Wildman–Crippen MR) is 416 cm³/mol. The fraction of sp³-hybridized carbons (Fsp3) is 0.837. The topological polar surface area (TPSA) is 111 Å². The van der Waals surface area contributed by atoms with E-state index in [2.05, 4.69) is 86.8 Å². The van der Waals surface area contributed by atoms with Gasteiger partial charge in [0.05, 0.1) is 27.7 Å². The molecule has 0 heterocycles. The van der Waals surface area contributed by atoms with E-state index in [9.17, 15) is 19.0 Å². The number of hydrogen-bond acceptors (Lipinski definition) is 8. The average molecular weight is 1370 g/mol. The Morgan fingerprint density at radius 2 is 0.594 bits per heavy atom. The lowest BCUT2D eigenvalue weighted by molar-refractivity contribution is -0.870. The number of phosphoric acid groups is 1. The van der Waals surface area contributed by atoms with Crippen LogP contribution in [0.25, 0.3) is 0 Å². The summed E-state index contributed by atoms with van der Waals surface area (Å²) in [6, 6.07) is 0. The van der Waals surface area contributed by atoms with Gasteiger partial charge in [-0.2, -0.15) is 0 Å². The summed E-state index contributed by atoms with van der Waals surface area (Å²) in [5.74, 6) is -0.811. The Kier molecular flexibility index (Phi) is 74.6. The van der Waals surface area contributed by atoms with Crippen LogP contribution < -0.4 is 4.89 Å². The average Bonchev–Trinajstić information content (AvgIpc) is 2.74. The van der Waals surface area contributed by atoms with Gasteiger partial charge in [0.25, 0.3) is 7.82 Å². The van der Waals surface area contributed by atoms with E-state index in [1.165, 1.54) is 308 Å². The Morgan fingerprint density at radius 3 is 0.896 bits per heavy atom. The summed E-state index contributed by atoms with van der Waals surface area (Å²) in [5.41, 5.74) is 0.